The van der Waals surface area contributed by atoms with Crippen LogP contribution in [0.25, 0.3) is 10.2 Å². The lowest BCUT2D eigenvalue weighted by Gasteiger charge is -2.53. The van der Waals surface area contributed by atoms with Crippen molar-refractivity contribution in [3.05, 3.63) is 28.3 Å². The number of ether oxygens (including phenoxy) is 1. The fourth-order valence-electron chi connectivity index (χ4n) is 4.81. The number of likely N-dealkylation sites (tertiary alicyclic amines) is 1. The van der Waals surface area contributed by atoms with Gasteiger partial charge in [0.15, 0.2) is 0 Å². The van der Waals surface area contributed by atoms with Crippen LogP contribution in [-0.2, 0) is 10.9 Å². The Morgan fingerprint density at radius 3 is 2.39 bits per heavy atom. The Labute approximate surface area is 194 Å². The molecule has 10 heteroatoms. The first-order valence-electron chi connectivity index (χ1n) is 11.0. The number of aromatic nitrogens is 1. The predicted molar refractivity (Wildman–Crippen MR) is 119 cm³/mol. The van der Waals surface area contributed by atoms with Gasteiger partial charge in [0.25, 0.3) is 5.91 Å². The van der Waals surface area contributed by atoms with Gasteiger partial charge in [-0.1, -0.05) is 0 Å². The number of pyridine rings is 1. The van der Waals surface area contributed by atoms with Crippen molar-refractivity contribution in [1.29, 1.82) is 0 Å². The Kier molecular flexibility index (Phi) is 5.87. The van der Waals surface area contributed by atoms with Crippen molar-refractivity contribution in [3.63, 3.8) is 0 Å². The van der Waals surface area contributed by atoms with Gasteiger partial charge in [0.2, 0.25) is 0 Å². The summed E-state index contributed by atoms with van der Waals surface area (Å²) in [4.78, 5) is 30.7. The quantitative estimate of drug-likeness (QED) is 0.606. The molecule has 180 valence electrons. The van der Waals surface area contributed by atoms with E-state index in [9.17, 15) is 22.8 Å². The number of thiophene rings is 1. The summed E-state index contributed by atoms with van der Waals surface area (Å²) in [6.45, 7) is 6.70. The molecule has 2 fully saturated rings. The van der Waals surface area contributed by atoms with Gasteiger partial charge < -0.3 is 15.0 Å². The Morgan fingerprint density at radius 2 is 1.85 bits per heavy atom. The number of nitrogens with one attached hydrogen (secondary N) is 1. The Bertz CT molecular complexity index is 1070. The van der Waals surface area contributed by atoms with Gasteiger partial charge in [0, 0.05) is 42.5 Å². The SMILES string of the molecule is CNC(=O)c1csc2c(C(F)(F)F)cc(C3CCC4(CC3)CN(C(=O)OC(C)(C)C)C4)nc12. The van der Waals surface area contributed by atoms with E-state index in [1.807, 2.05) is 20.8 Å². The van der Waals surface area contributed by atoms with E-state index in [0.29, 0.717) is 31.6 Å². The molecule has 2 aliphatic rings. The number of rotatable bonds is 2. The standard InChI is InChI=1S/C23H28F3N3O3S/c1-21(2,3)32-20(31)29-11-22(12-29)7-5-13(6-8-22)16-9-15(23(24,25)26)18-17(28-16)14(10-33-18)19(30)27-4/h9-10,13H,5-8,11-12H2,1-4H3,(H,27,30). The number of alkyl halides is 3. The van der Waals surface area contributed by atoms with Crippen molar-refractivity contribution in [3.8, 4) is 0 Å². The van der Waals surface area contributed by atoms with Gasteiger partial charge in [0.1, 0.15) is 5.60 Å². The number of hydrogen-bond donors (Lipinski definition) is 1. The smallest absolute Gasteiger partial charge is 0.417 e. The molecule has 1 saturated heterocycles. The van der Waals surface area contributed by atoms with Crippen LogP contribution in [0.15, 0.2) is 11.4 Å². The van der Waals surface area contributed by atoms with Gasteiger partial charge in [-0.3, -0.25) is 9.78 Å². The van der Waals surface area contributed by atoms with E-state index < -0.39 is 23.2 Å². The third-order valence-corrected chi connectivity index (χ3v) is 7.49. The highest BCUT2D eigenvalue weighted by Gasteiger charge is 2.48. The van der Waals surface area contributed by atoms with Gasteiger partial charge in [-0.2, -0.15) is 13.2 Å². The highest BCUT2D eigenvalue weighted by Crippen LogP contribution is 2.49. The summed E-state index contributed by atoms with van der Waals surface area (Å²) < 4.78 is 46.8. The summed E-state index contributed by atoms with van der Waals surface area (Å²) in [5.74, 6) is -0.563. The van der Waals surface area contributed by atoms with Crippen molar-refractivity contribution in [2.75, 3.05) is 20.1 Å². The lowest BCUT2D eigenvalue weighted by atomic mass is 9.65. The molecule has 1 aliphatic heterocycles. The molecule has 6 nitrogen and oxygen atoms in total. The fourth-order valence-corrected chi connectivity index (χ4v) is 5.83. The maximum absolute atomic E-state index is 13.8. The summed E-state index contributed by atoms with van der Waals surface area (Å²) in [5, 5.41) is 3.91. The van der Waals surface area contributed by atoms with Crippen LogP contribution in [-0.4, -0.2) is 47.6 Å². The molecule has 0 aromatic carbocycles. The largest absolute Gasteiger partial charge is 0.444 e. The molecule has 33 heavy (non-hydrogen) atoms. The van der Waals surface area contributed by atoms with Gasteiger partial charge >= 0.3 is 12.3 Å². The highest BCUT2D eigenvalue weighted by molar-refractivity contribution is 7.17. The number of halogens is 3. The van der Waals surface area contributed by atoms with Crippen LogP contribution in [0, 0.1) is 5.41 Å². The van der Waals surface area contributed by atoms with Crippen molar-refractivity contribution < 1.29 is 27.5 Å². The zero-order valence-electron chi connectivity index (χ0n) is 19.1. The summed E-state index contributed by atoms with van der Waals surface area (Å²) >= 11 is 0.893. The van der Waals surface area contributed by atoms with E-state index in [4.69, 9.17) is 4.74 Å². The summed E-state index contributed by atoms with van der Waals surface area (Å²) in [6, 6.07) is 1.16. The molecule has 1 spiro atoms. The first kappa shape index (κ1) is 23.8. The molecule has 1 N–H and O–H groups in total. The minimum atomic E-state index is -4.53. The normalized spacial score (nSPS) is 18.9. The molecule has 2 aromatic rings. The minimum absolute atomic E-state index is 0.000000711. The van der Waals surface area contributed by atoms with Gasteiger partial charge in [0.05, 0.1) is 21.3 Å². The molecule has 2 aromatic heterocycles. The molecule has 3 heterocycles. The average molecular weight is 484 g/mol. The molecule has 0 radical (unpaired) electrons. The number of amides is 2. The molecule has 0 bridgehead atoms. The van der Waals surface area contributed by atoms with E-state index in [0.717, 1.165) is 30.2 Å². The maximum atomic E-state index is 13.8. The Morgan fingerprint density at radius 1 is 1.21 bits per heavy atom. The van der Waals surface area contributed by atoms with Crippen molar-refractivity contribution in [2.24, 2.45) is 5.41 Å². The number of nitrogens with zero attached hydrogens (tertiary/aromatic N) is 2. The van der Waals surface area contributed by atoms with Crippen LogP contribution in [0.5, 0.6) is 0 Å². The third kappa shape index (κ3) is 4.67. The molecular weight excluding hydrogens is 455 g/mol. The summed E-state index contributed by atoms with van der Waals surface area (Å²) in [7, 11) is 1.44. The molecule has 1 saturated carbocycles. The molecular formula is C23H28F3N3O3S. The lowest BCUT2D eigenvalue weighted by Crippen LogP contribution is -2.60. The second-order valence-electron chi connectivity index (χ2n) is 10.1. The Hall–Kier alpha value is -2.36. The van der Waals surface area contributed by atoms with E-state index >= 15 is 0 Å². The number of carbonyl (C=O) groups is 2. The zero-order valence-corrected chi connectivity index (χ0v) is 20.0. The van der Waals surface area contributed by atoms with Gasteiger partial charge in [-0.05, 0) is 52.5 Å². The van der Waals surface area contributed by atoms with E-state index in [1.165, 1.54) is 12.4 Å². The van der Waals surface area contributed by atoms with E-state index in [-0.39, 0.29) is 33.2 Å². The van der Waals surface area contributed by atoms with Crippen LogP contribution >= 0.6 is 11.3 Å². The van der Waals surface area contributed by atoms with Crippen LogP contribution < -0.4 is 5.32 Å². The third-order valence-electron chi connectivity index (χ3n) is 6.49. The van der Waals surface area contributed by atoms with E-state index in [1.54, 1.807) is 4.90 Å². The monoisotopic (exact) mass is 483 g/mol. The fraction of sp³-hybridized carbons (Fsp3) is 0.609. The second-order valence-corrected chi connectivity index (χ2v) is 11.0. The second kappa shape index (κ2) is 8.14. The van der Waals surface area contributed by atoms with Crippen molar-refractivity contribution >= 4 is 33.6 Å². The van der Waals surface area contributed by atoms with Crippen LogP contribution in [0.2, 0.25) is 0 Å². The lowest BCUT2D eigenvalue weighted by molar-refractivity contribution is -0.136. The average Bonchev–Trinajstić information content (AvgIpc) is 3.12. The van der Waals surface area contributed by atoms with Crippen molar-refractivity contribution in [1.82, 2.24) is 15.2 Å². The molecule has 0 unspecified atom stereocenters. The highest BCUT2D eigenvalue weighted by atomic mass is 32.1. The molecule has 2 amide bonds. The summed E-state index contributed by atoms with van der Waals surface area (Å²) in [6.07, 6.45) is -1.85. The van der Waals surface area contributed by atoms with Crippen LogP contribution in [0.3, 0.4) is 0 Å². The number of fused-ring (bicyclic) bond motifs is 1. The zero-order chi connectivity index (χ0) is 24.2. The maximum Gasteiger partial charge on any atom is 0.417 e. The van der Waals surface area contributed by atoms with E-state index in [2.05, 4.69) is 10.3 Å². The van der Waals surface area contributed by atoms with Crippen LogP contribution in [0.1, 0.15) is 74.0 Å². The minimum Gasteiger partial charge on any atom is -0.444 e. The van der Waals surface area contributed by atoms with Gasteiger partial charge in [-0.15, -0.1) is 11.3 Å². The molecule has 4 rings (SSSR count). The predicted octanol–water partition coefficient (Wildman–Crippen LogP) is 5.57. The van der Waals surface area contributed by atoms with Crippen LogP contribution in [0.4, 0.5) is 18.0 Å². The first-order chi connectivity index (χ1) is 15.3. The summed E-state index contributed by atoms with van der Waals surface area (Å²) in [5.41, 5.74) is -0.611. The van der Waals surface area contributed by atoms with Gasteiger partial charge in [-0.25, -0.2) is 4.79 Å². The number of carbonyl (C=O) groups excluding carboxylic acids is 2. The first-order valence-corrected chi connectivity index (χ1v) is 11.9. The topological polar surface area (TPSA) is 71.5 Å². The molecule has 0 atom stereocenters. The Balaban J connectivity index is 1.52. The molecule has 1 aliphatic carbocycles. The number of hydrogen-bond acceptors (Lipinski definition) is 5. The van der Waals surface area contributed by atoms with Crippen molar-refractivity contribution in [2.45, 2.75) is 64.1 Å².